The zero-order valence-electron chi connectivity index (χ0n) is 9.35. The van der Waals surface area contributed by atoms with Crippen LogP contribution in [0.3, 0.4) is 0 Å². The third kappa shape index (κ3) is 2.49. The number of rotatable bonds is 4. The van der Waals surface area contributed by atoms with E-state index in [2.05, 4.69) is 4.98 Å². The minimum absolute atomic E-state index is 0.0654. The van der Waals surface area contributed by atoms with Gasteiger partial charge in [0.1, 0.15) is 4.90 Å². The molecular weight excluding hydrogens is 232 g/mol. The van der Waals surface area contributed by atoms with E-state index in [4.69, 9.17) is 14.6 Å². The van der Waals surface area contributed by atoms with Gasteiger partial charge in [0.2, 0.25) is 10.0 Å². The second-order valence-electron chi connectivity index (χ2n) is 3.21. The summed E-state index contributed by atoms with van der Waals surface area (Å²) in [7, 11) is -1.04. The topological polar surface area (TPSA) is 91.5 Å². The molecule has 0 amide bonds. The summed E-state index contributed by atoms with van der Waals surface area (Å²) in [5.41, 5.74) is 0.846. The average molecular weight is 246 g/mol. The van der Waals surface area contributed by atoms with Crippen LogP contribution in [0.1, 0.15) is 11.3 Å². The highest BCUT2D eigenvalue weighted by molar-refractivity contribution is 7.89. The Labute approximate surface area is 94.4 Å². The highest BCUT2D eigenvalue weighted by Gasteiger charge is 2.22. The zero-order chi connectivity index (χ0) is 12.3. The maximum absolute atomic E-state index is 11.5. The Morgan fingerprint density at radius 2 is 2.06 bits per heavy atom. The molecule has 0 aliphatic carbocycles. The van der Waals surface area contributed by atoms with Gasteiger partial charge >= 0.3 is 0 Å². The maximum Gasteiger partial charge on any atom is 0.242 e. The van der Waals surface area contributed by atoms with Gasteiger partial charge in [-0.25, -0.2) is 13.6 Å². The van der Waals surface area contributed by atoms with Gasteiger partial charge in [0, 0.05) is 18.9 Å². The molecule has 1 rings (SSSR count). The third-order valence-corrected chi connectivity index (χ3v) is 3.05. The summed E-state index contributed by atoms with van der Waals surface area (Å²) >= 11 is 0. The Kier molecular flexibility index (Phi) is 3.84. The second kappa shape index (κ2) is 4.77. The Hall–Kier alpha value is -1.18. The summed E-state index contributed by atoms with van der Waals surface area (Å²) in [5.74, 6) is 0.164. The van der Waals surface area contributed by atoms with Crippen LogP contribution in [-0.2, 0) is 21.4 Å². The van der Waals surface area contributed by atoms with Crippen molar-refractivity contribution in [1.82, 2.24) is 4.98 Å². The molecule has 6 nitrogen and oxygen atoms in total. The van der Waals surface area contributed by atoms with Gasteiger partial charge in [-0.3, -0.25) is 4.98 Å². The van der Waals surface area contributed by atoms with Crippen LogP contribution in [0.25, 0.3) is 0 Å². The molecule has 0 fully saturated rings. The van der Waals surface area contributed by atoms with Crippen LogP contribution in [0.15, 0.2) is 11.1 Å². The number of pyridine rings is 1. The normalized spacial score (nSPS) is 11.5. The molecule has 7 heteroatoms. The number of sulfonamides is 1. The Bertz CT molecular complexity index is 485. The molecule has 0 aliphatic heterocycles. The fourth-order valence-electron chi connectivity index (χ4n) is 1.41. The largest absolute Gasteiger partial charge is 0.493 e. The van der Waals surface area contributed by atoms with Crippen molar-refractivity contribution in [3.05, 3.63) is 17.5 Å². The zero-order valence-corrected chi connectivity index (χ0v) is 10.2. The van der Waals surface area contributed by atoms with Crippen molar-refractivity contribution in [2.24, 2.45) is 5.14 Å². The van der Waals surface area contributed by atoms with Crippen LogP contribution >= 0.6 is 0 Å². The molecule has 1 heterocycles. The van der Waals surface area contributed by atoms with Crippen LogP contribution in [-0.4, -0.2) is 27.6 Å². The maximum atomic E-state index is 11.5. The summed E-state index contributed by atoms with van der Waals surface area (Å²) in [4.78, 5) is 3.95. The molecule has 0 saturated heterocycles. The fourth-order valence-corrected chi connectivity index (χ4v) is 2.38. The summed E-state index contributed by atoms with van der Waals surface area (Å²) < 4.78 is 32.8. The number of ether oxygens (including phenoxy) is 2. The molecule has 0 unspecified atom stereocenters. The van der Waals surface area contributed by atoms with E-state index in [9.17, 15) is 8.42 Å². The average Bonchev–Trinajstić information content (AvgIpc) is 2.18. The molecule has 1 aromatic rings. The molecule has 0 radical (unpaired) electrons. The molecule has 0 aromatic carbocycles. The number of nitrogens with zero attached hydrogens (tertiary/aromatic N) is 1. The van der Waals surface area contributed by atoms with Crippen molar-refractivity contribution in [2.75, 3.05) is 14.2 Å². The van der Waals surface area contributed by atoms with Gasteiger partial charge in [0.25, 0.3) is 0 Å². The first-order valence-electron chi connectivity index (χ1n) is 4.46. The van der Waals surface area contributed by atoms with E-state index in [0.717, 1.165) is 0 Å². The van der Waals surface area contributed by atoms with Crippen LogP contribution in [0, 0.1) is 6.92 Å². The molecule has 0 atom stereocenters. The predicted octanol–water partition coefficient (Wildman–Crippen LogP) is 0.192. The first-order valence-corrected chi connectivity index (χ1v) is 6.00. The van der Waals surface area contributed by atoms with Gasteiger partial charge in [0.15, 0.2) is 5.75 Å². The summed E-state index contributed by atoms with van der Waals surface area (Å²) in [6.07, 6.45) is 1.42. The lowest BCUT2D eigenvalue weighted by molar-refractivity contribution is 0.181. The molecule has 2 N–H and O–H groups in total. The van der Waals surface area contributed by atoms with E-state index >= 15 is 0 Å². The highest BCUT2D eigenvalue weighted by atomic mass is 32.2. The molecule has 90 valence electrons. The van der Waals surface area contributed by atoms with Crippen molar-refractivity contribution < 1.29 is 17.9 Å². The second-order valence-corrected chi connectivity index (χ2v) is 4.71. The Morgan fingerprint density at radius 3 is 2.50 bits per heavy atom. The van der Waals surface area contributed by atoms with Crippen LogP contribution in [0.2, 0.25) is 0 Å². The summed E-state index contributed by atoms with van der Waals surface area (Å²) in [5, 5.41) is 5.14. The minimum Gasteiger partial charge on any atom is -0.493 e. The van der Waals surface area contributed by atoms with E-state index in [1.165, 1.54) is 20.4 Å². The Morgan fingerprint density at radius 1 is 1.44 bits per heavy atom. The first kappa shape index (κ1) is 12.9. The monoisotopic (exact) mass is 246 g/mol. The lowest BCUT2D eigenvalue weighted by Gasteiger charge is -2.13. The molecule has 0 bridgehead atoms. The van der Waals surface area contributed by atoms with Crippen molar-refractivity contribution in [3.8, 4) is 5.75 Å². The lowest BCUT2D eigenvalue weighted by Crippen LogP contribution is -2.17. The number of aryl methyl sites for hydroxylation is 1. The van der Waals surface area contributed by atoms with Gasteiger partial charge in [0.05, 0.1) is 19.4 Å². The number of nitrogens with two attached hydrogens (primary N) is 1. The van der Waals surface area contributed by atoms with Gasteiger partial charge in [-0.2, -0.15) is 0 Å². The number of hydrogen-bond donors (Lipinski definition) is 1. The molecule has 0 aliphatic rings. The standard InChI is InChI=1S/C9H14N2O4S/c1-6-8(15-3)9(16(10,12)13)7(4-11-6)5-14-2/h4H,5H2,1-3H3,(H2,10,12,13). The van der Waals surface area contributed by atoms with Crippen molar-refractivity contribution >= 4 is 10.0 Å². The first-order chi connectivity index (χ1) is 7.41. The molecule has 0 spiro atoms. The SMILES string of the molecule is COCc1cnc(C)c(OC)c1S(N)(=O)=O. The summed E-state index contributed by atoms with van der Waals surface area (Å²) in [6, 6.07) is 0. The Balaban J connectivity index is 3.54. The lowest BCUT2D eigenvalue weighted by atomic mass is 10.2. The van der Waals surface area contributed by atoms with Crippen molar-refractivity contribution in [3.63, 3.8) is 0 Å². The van der Waals surface area contributed by atoms with E-state index in [0.29, 0.717) is 11.3 Å². The van der Waals surface area contributed by atoms with Gasteiger partial charge in [-0.1, -0.05) is 0 Å². The fraction of sp³-hybridized carbons (Fsp3) is 0.444. The number of hydrogen-bond acceptors (Lipinski definition) is 5. The summed E-state index contributed by atoms with van der Waals surface area (Å²) in [6.45, 7) is 1.75. The van der Waals surface area contributed by atoms with Gasteiger partial charge in [-0.15, -0.1) is 0 Å². The van der Waals surface area contributed by atoms with Crippen LogP contribution < -0.4 is 9.88 Å². The van der Waals surface area contributed by atoms with E-state index in [-0.39, 0.29) is 17.3 Å². The molecule has 1 aromatic heterocycles. The van der Waals surface area contributed by atoms with Crippen LogP contribution in [0.4, 0.5) is 0 Å². The third-order valence-electron chi connectivity index (χ3n) is 2.03. The molecule has 0 saturated carbocycles. The number of aromatic nitrogens is 1. The molecule has 16 heavy (non-hydrogen) atoms. The predicted molar refractivity (Wildman–Crippen MR) is 57.6 cm³/mol. The number of methoxy groups -OCH3 is 2. The van der Waals surface area contributed by atoms with E-state index in [1.54, 1.807) is 6.92 Å². The number of primary sulfonamides is 1. The quantitative estimate of drug-likeness (QED) is 0.819. The van der Waals surface area contributed by atoms with Crippen LogP contribution in [0.5, 0.6) is 5.75 Å². The molecular formula is C9H14N2O4S. The smallest absolute Gasteiger partial charge is 0.242 e. The van der Waals surface area contributed by atoms with E-state index < -0.39 is 10.0 Å². The van der Waals surface area contributed by atoms with Gasteiger partial charge < -0.3 is 9.47 Å². The van der Waals surface area contributed by atoms with Gasteiger partial charge in [-0.05, 0) is 6.92 Å². The highest BCUT2D eigenvalue weighted by Crippen LogP contribution is 2.28. The van der Waals surface area contributed by atoms with Crippen molar-refractivity contribution in [1.29, 1.82) is 0 Å². The van der Waals surface area contributed by atoms with E-state index in [1.807, 2.05) is 0 Å². The van der Waals surface area contributed by atoms with Crippen molar-refractivity contribution in [2.45, 2.75) is 18.4 Å². The minimum atomic E-state index is -3.87.